The van der Waals surface area contributed by atoms with Gasteiger partial charge < -0.3 is 15.0 Å². The normalized spacial score (nSPS) is 12.4. The molecule has 2 heterocycles. The summed E-state index contributed by atoms with van der Waals surface area (Å²) in [7, 11) is 1.56. The highest BCUT2D eigenvalue weighted by molar-refractivity contribution is 5.53. The predicted octanol–water partition coefficient (Wildman–Crippen LogP) is 1.16. The Morgan fingerprint density at radius 3 is 2.75 bits per heavy atom. The highest BCUT2D eigenvalue weighted by Crippen LogP contribution is 2.18. The Morgan fingerprint density at radius 2 is 2.25 bits per heavy atom. The summed E-state index contributed by atoms with van der Waals surface area (Å²) in [4.78, 5) is 8.20. The van der Waals surface area contributed by atoms with E-state index in [1.165, 1.54) is 0 Å². The minimum atomic E-state index is -0.271. The minimum Gasteiger partial charge on any atom is -0.481 e. The topological polar surface area (TPSA) is 87.1 Å². The van der Waals surface area contributed by atoms with Crippen LogP contribution in [0.3, 0.4) is 0 Å². The summed E-state index contributed by atoms with van der Waals surface area (Å²) in [5, 5.41) is 3.82. The molecule has 0 amide bonds. The van der Waals surface area contributed by atoms with Crippen molar-refractivity contribution in [3.05, 3.63) is 24.2 Å². The highest BCUT2D eigenvalue weighted by Gasteiger charge is 2.11. The van der Waals surface area contributed by atoms with Crippen molar-refractivity contribution >= 4 is 0 Å². The molecular formula is C10H12N4O2. The SMILES string of the molecule is COc1ccc(-c2noc([C@@H](C)N)n2)cn1. The summed E-state index contributed by atoms with van der Waals surface area (Å²) < 4.78 is 9.95. The van der Waals surface area contributed by atoms with Crippen molar-refractivity contribution < 1.29 is 9.26 Å². The van der Waals surface area contributed by atoms with Crippen LogP contribution in [-0.2, 0) is 0 Å². The summed E-state index contributed by atoms with van der Waals surface area (Å²) in [5.41, 5.74) is 6.38. The monoisotopic (exact) mass is 220 g/mol. The predicted molar refractivity (Wildman–Crippen MR) is 56.7 cm³/mol. The van der Waals surface area contributed by atoms with Crippen LogP contribution in [0.25, 0.3) is 11.4 Å². The summed E-state index contributed by atoms with van der Waals surface area (Å²) in [6, 6.07) is 3.27. The van der Waals surface area contributed by atoms with E-state index in [0.717, 1.165) is 5.56 Å². The Labute approximate surface area is 92.4 Å². The zero-order valence-electron chi connectivity index (χ0n) is 9.04. The van der Waals surface area contributed by atoms with Crippen LogP contribution in [0.2, 0.25) is 0 Å². The van der Waals surface area contributed by atoms with Crippen molar-refractivity contribution in [2.24, 2.45) is 5.73 Å². The van der Waals surface area contributed by atoms with Crippen LogP contribution in [0.4, 0.5) is 0 Å². The van der Waals surface area contributed by atoms with Crippen LogP contribution in [0, 0.1) is 0 Å². The number of hydrogen-bond donors (Lipinski definition) is 1. The molecule has 1 atom stereocenters. The first-order valence-electron chi connectivity index (χ1n) is 4.80. The molecule has 0 aromatic carbocycles. The van der Waals surface area contributed by atoms with E-state index in [1.807, 2.05) is 6.07 Å². The Bertz CT molecular complexity index is 464. The highest BCUT2D eigenvalue weighted by atomic mass is 16.5. The van der Waals surface area contributed by atoms with E-state index in [4.69, 9.17) is 15.0 Å². The van der Waals surface area contributed by atoms with Crippen LogP contribution >= 0.6 is 0 Å². The van der Waals surface area contributed by atoms with Gasteiger partial charge in [-0.3, -0.25) is 0 Å². The maximum Gasteiger partial charge on any atom is 0.243 e. The lowest BCUT2D eigenvalue weighted by Gasteiger charge is -1.97. The summed E-state index contributed by atoms with van der Waals surface area (Å²) >= 11 is 0. The molecule has 0 saturated carbocycles. The van der Waals surface area contributed by atoms with E-state index in [9.17, 15) is 0 Å². The number of methoxy groups -OCH3 is 1. The van der Waals surface area contributed by atoms with E-state index >= 15 is 0 Å². The smallest absolute Gasteiger partial charge is 0.243 e. The van der Waals surface area contributed by atoms with Gasteiger partial charge in [-0.15, -0.1) is 0 Å². The molecule has 2 aromatic rings. The third-order valence-corrected chi connectivity index (χ3v) is 2.03. The van der Waals surface area contributed by atoms with Crippen molar-refractivity contribution in [2.45, 2.75) is 13.0 Å². The number of hydrogen-bond acceptors (Lipinski definition) is 6. The Kier molecular flexibility index (Phi) is 2.82. The van der Waals surface area contributed by atoms with Crippen LogP contribution < -0.4 is 10.5 Å². The first kappa shape index (κ1) is 10.6. The van der Waals surface area contributed by atoms with E-state index in [2.05, 4.69) is 15.1 Å². The van der Waals surface area contributed by atoms with Gasteiger partial charge in [0.15, 0.2) is 0 Å². The molecule has 0 bridgehead atoms. The van der Waals surface area contributed by atoms with Crippen LogP contribution in [-0.4, -0.2) is 22.2 Å². The largest absolute Gasteiger partial charge is 0.481 e. The molecule has 6 heteroatoms. The molecule has 0 saturated heterocycles. The summed E-state index contributed by atoms with van der Waals surface area (Å²) in [6.07, 6.45) is 1.62. The van der Waals surface area contributed by atoms with Crippen molar-refractivity contribution in [3.63, 3.8) is 0 Å². The van der Waals surface area contributed by atoms with E-state index in [0.29, 0.717) is 17.6 Å². The molecule has 0 aliphatic rings. The molecule has 0 fully saturated rings. The van der Waals surface area contributed by atoms with Gasteiger partial charge in [-0.2, -0.15) is 4.98 Å². The average Bonchev–Trinajstić information content (AvgIpc) is 2.78. The molecule has 84 valence electrons. The van der Waals surface area contributed by atoms with E-state index < -0.39 is 0 Å². The molecule has 2 N–H and O–H groups in total. The molecule has 0 aliphatic carbocycles. The van der Waals surface area contributed by atoms with Gasteiger partial charge in [0.05, 0.1) is 13.2 Å². The average molecular weight is 220 g/mol. The van der Waals surface area contributed by atoms with Gasteiger partial charge in [0.2, 0.25) is 17.6 Å². The first-order chi connectivity index (χ1) is 7.70. The number of nitrogens with zero attached hydrogens (tertiary/aromatic N) is 3. The van der Waals surface area contributed by atoms with Crippen LogP contribution in [0.1, 0.15) is 18.9 Å². The van der Waals surface area contributed by atoms with Gasteiger partial charge in [0, 0.05) is 17.8 Å². The maximum absolute atomic E-state index is 5.62. The summed E-state index contributed by atoms with van der Waals surface area (Å²) in [5.74, 6) is 1.42. The molecular weight excluding hydrogens is 208 g/mol. The van der Waals surface area contributed by atoms with Crippen molar-refractivity contribution in [2.75, 3.05) is 7.11 Å². The second-order valence-corrected chi connectivity index (χ2v) is 3.33. The molecule has 2 rings (SSSR count). The molecule has 0 spiro atoms. The van der Waals surface area contributed by atoms with Crippen LogP contribution in [0.15, 0.2) is 22.9 Å². The van der Waals surface area contributed by atoms with E-state index in [1.54, 1.807) is 26.3 Å². The second-order valence-electron chi connectivity index (χ2n) is 3.33. The fraction of sp³-hybridized carbons (Fsp3) is 0.300. The number of rotatable bonds is 3. The number of ether oxygens (including phenoxy) is 1. The number of pyridine rings is 1. The number of nitrogens with two attached hydrogens (primary N) is 1. The molecule has 0 radical (unpaired) electrons. The Morgan fingerprint density at radius 1 is 1.44 bits per heavy atom. The third-order valence-electron chi connectivity index (χ3n) is 2.03. The zero-order valence-corrected chi connectivity index (χ0v) is 9.04. The molecule has 16 heavy (non-hydrogen) atoms. The lowest BCUT2D eigenvalue weighted by Crippen LogP contribution is -2.04. The lowest BCUT2D eigenvalue weighted by atomic mass is 10.3. The van der Waals surface area contributed by atoms with Gasteiger partial charge in [-0.1, -0.05) is 5.16 Å². The van der Waals surface area contributed by atoms with Crippen LogP contribution in [0.5, 0.6) is 5.88 Å². The fourth-order valence-electron chi connectivity index (χ4n) is 1.17. The van der Waals surface area contributed by atoms with Gasteiger partial charge in [-0.25, -0.2) is 4.98 Å². The molecule has 6 nitrogen and oxygen atoms in total. The third kappa shape index (κ3) is 2.01. The van der Waals surface area contributed by atoms with Crippen molar-refractivity contribution in [1.29, 1.82) is 0 Å². The van der Waals surface area contributed by atoms with Crippen molar-refractivity contribution in [3.8, 4) is 17.3 Å². The fourth-order valence-corrected chi connectivity index (χ4v) is 1.17. The quantitative estimate of drug-likeness (QED) is 0.835. The molecule has 0 aliphatic heterocycles. The Hall–Kier alpha value is -1.95. The lowest BCUT2D eigenvalue weighted by molar-refractivity contribution is 0.362. The summed E-state index contributed by atoms with van der Waals surface area (Å²) in [6.45, 7) is 1.78. The zero-order chi connectivity index (χ0) is 11.5. The van der Waals surface area contributed by atoms with Gasteiger partial charge in [0.25, 0.3) is 0 Å². The van der Waals surface area contributed by atoms with E-state index in [-0.39, 0.29) is 6.04 Å². The minimum absolute atomic E-state index is 0.271. The van der Waals surface area contributed by atoms with Gasteiger partial charge >= 0.3 is 0 Å². The first-order valence-corrected chi connectivity index (χ1v) is 4.80. The Balaban J connectivity index is 2.28. The van der Waals surface area contributed by atoms with Gasteiger partial charge in [-0.05, 0) is 13.0 Å². The second kappa shape index (κ2) is 4.28. The van der Waals surface area contributed by atoms with Crippen molar-refractivity contribution in [1.82, 2.24) is 15.1 Å². The maximum atomic E-state index is 5.62. The molecule has 2 aromatic heterocycles. The number of aromatic nitrogens is 3. The van der Waals surface area contributed by atoms with Gasteiger partial charge in [0.1, 0.15) is 0 Å². The molecule has 0 unspecified atom stereocenters. The standard InChI is InChI=1S/C10H12N4O2/c1-6(11)10-13-9(14-16-10)7-3-4-8(15-2)12-5-7/h3-6H,11H2,1-2H3/t6-/m1/s1.